The SMILES string of the molecule is O=C(/C=C/c1ccc(I)o1)NCCO. The van der Waals surface area contributed by atoms with Crippen LogP contribution in [0.3, 0.4) is 0 Å². The first-order valence-electron chi connectivity index (χ1n) is 4.04. The minimum atomic E-state index is -0.245. The Morgan fingerprint density at radius 1 is 1.64 bits per heavy atom. The van der Waals surface area contributed by atoms with Gasteiger partial charge < -0.3 is 14.8 Å². The standard InChI is InChI=1S/C9H10INO3/c10-8-3-1-7(14-8)2-4-9(13)11-5-6-12/h1-4,12H,5-6H2,(H,11,13)/b4-2+. The van der Waals surface area contributed by atoms with E-state index in [4.69, 9.17) is 9.52 Å². The second-order valence-electron chi connectivity index (χ2n) is 2.49. The second-order valence-corrected chi connectivity index (χ2v) is 3.55. The first kappa shape index (κ1) is 11.3. The number of amides is 1. The first-order chi connectivity index (χ1) is 6.72. The third kappa shape index (κ3) is 3.93. The second kappa shape index (κ2) is 5.82. The van der Waals surface area contributed by atoms with E-state index in [1.54, 1.807) is 12.1 Å². The monoisotopic (exact) mass is 307 g/mol. The van der Waals surface area contributed by atoms with Crippen LogP contribution in [0.2, 0.25) is 0 Å². The Morgan fingerprint density at radius 2 is 2.43 bits per heavy atom. The van der Waals surface area contributed by atoms with Crippen LogP contribution < -0.4 is 5.32 Å². The number of hydrogen-bond donors (Lipinski definition) is 2. The van der Waals surface area contributed by atoms with Gasteiger partial charge in [0, 0.05) is 12.6 Å². The maximum atomic E-state index is 11.0. The van der Waals surface area contributed by atoms with Crippen LogP contribution in [0.5, 0.6) is 0 Å². The van der Waals surface area contributed by atoms with Crippen LogP contribution in [-0.4, -0.2) is 24.2 Å². The van der Waals surface area contributed by atoms with Crippen molar-refractivity contribution in [1.29, 1.82) is 0 Å². The Labute approximate surface area is 95.1 Å². The fraction of sp³-hybridized carbons (Fsp3) is 0.222. The zero-order chi connectivity index (χ0) is 10.4. The molecule has 0 aliphatic carbocycles. The molecule has 2 N–H and O–H groups in total. The molecule has 0 bridgehead atoms. The molecule has 0 saturated heterocycles. The van der Waals surface area contributed by atoms with E-state index in [0.717, 1.165) is 3.77 Å². The van der Waals surface area contributed by atoms with Gasteiger partial charge in [0.05, 0.1) is 6.61 Å². The van der Waals surface area contributed by atoms with Gasteiger partial charge in [-0.2, -0.15) is 0 Å². The average Bonchev–Trinajstić information content (AvgIpc) is 2.58. The third-order valence-electron chi connectivity index (χ3n) is 1.40. The summed E-state index contributed by atoms with van der Waals surface area (Å²) < 4.78 is 5.98. The predicted octanol–water partition coefficient (Wildman–Crippen LogP) is 1.01. The van der Waals surface area contributed by atoms with Crippen LogP contribution in [-0.2, 0) is 4.79 Å². The van der Waals surface area contributed by atoms with Crippen molar-refractivity contribution < 1.29 is 14.3 Å². The lowest BCUT2D eigenvalue weighted by Gasteiger charge is -1.95. The molecule has 4 nitrogen and oxygen atoms in total. The van der Waals surface area contributed by atoms with E-state index in [-0.39, 0.29) is 19.1 Å². The lowest BCUT2D eigenvalue weighted by atomic mass is 10.4. The number of nitrogens with one attached hydrogen (secondary N) is 1. The normalized spacial score (nSPS) is 10.7. The van der Waals surface area contributed by atoms with Crippen molar-refractivity contribution in [3.8, 4) is 0 Å². The average molecular weight is 307 g/mol. The van der Waals surface area contributed by atoms with Gasteiger partial charge in [0.1, 0.15) is 5.76 Å². The van der Waals surface area contributed by atoms with Crippen LogP contribution >= 0.6 is 22.6 Å². The van der Waals surface area contributed by atoms with Crippen LogP contribution in [0.15, 0.2) is 22.6 Å². The number of halogens is 1. The lowest BCUT2D eigenvalue weighted by molar-refractivity contribution is -0.116. The van der Waals surface area contributed by atoms with Gasteiger partial charge in [-0.15, -0.1) is 0 Å². The molecular formula is C9H10INO3. The molecule has 1 rings (SSSR count). The maximum Gasteiger partial charge on any atom is 0.244 e. The number of aliphatic hydroxyl groups is 1. The molecule has 1 heterocycles. The zero-order valence-electron chi connectivity index (χ0n) is 7.37. The number of carbonyl (C=O) groups excluding carboxylic acids is 1. The molecule has 1 aromatic rings. The van der Waals surface area contributed by atoms with E-state index < -0.39 is 0 Å². The van der Waals surface area contributed by atoms with E-state index in [9.17, 15) is 4.79 Å². The molecule has 0 aliphatic rings. The summed E-state index contributed by atoms with van der Waals surface area (Å²) in [6.45, 7) is 0.205. The van der Waals surface area contributed by atoms with Crippen molar-refractivity contribution in [1.82, 2.24) is 5.32 Å². The Balaban J connectivity index is 2.43. The van der Waals surface area contributed by atoms with Gasteiger partial charge in [0.15, 0.2) is 3.77 Å². The van der Waals surface area contributed by atoms with Gasteiger partial charge in [-0.05, 0) is 40.8 Å². The highest BCUT2D eigenvalue weighted by atomic mass is 127. The summed E-state index contributed by atoms with van der Waals surface area (Å²) in [6.07, 6.45) is 2.94. The summed E-state index contributed by atoms with van der Waals surface area (Å²) in [5.74, 6) is 0.388. The van der Waals surface area contributed by atoms with E-state index in [0.29, 0.717) is 5.76 Å². The highest BCUT2D eigenvalue weighted by Gasteiger charge is 1.96. The summed E-state index contributed by atoms with van der Waals surface area (Å²) in [5.41, 5.74) is 0. The molecule has 1 aromatic heterocycles. The Kier molecular flexibility index (Phi) is 4.68. The Morgan fingerprint density at radius 3 is 3.00 bits per heavy atom. The molecule has 0 saturated carbocycles. The molecule has 0 aromatic carbocycles. The van der Waals surface area contributed by atoms with Crippen molar-refractivity contribution >= 4 is 34.6 Å². The first-order valence-corrected chi connectivity index (χ1v) is 5.12. The van der Waals surface area contributed by atoms with Gasteiger partial charge in [0.2, 0.25) is 5.91 Å². The Bertz CT molecular complexity index is 333. The lowest BCUT2D eigenvalue weighted by Crippen LogP contribution is -2.24. The smallest absolute Gasteiger partial charge is 0.244 e. The summed E-state index contributed by atoms with van der Waals surface area (Å²) in [4.78, 5) is 11.0. The van der Waals surface area contributed by atoms with Crippen LogP contribution in [0.25, 0.3) is 6.08 Å². The highest BCUT2D eigenvalue weighted by Crippen LogP contribution is 2.10. The molecule has 0 unspecified atom stereocenters. The van der Waals surface area contributed by atoms with E-state index in [1.165, 1.54) is 6.08 Å². The minimum Gasteiger partial charge on any atom is -0.451 e. The summed E-state index contributed by atoms with van der Waals surface area (Å²) in [6, 6.07) is 3.59. The van der Waals surface area contributed by atoms with Crippen molar-refractivity contribution in [2.75, 3.05) is 13.2 Å². The van der Waals surface area contributed by atoms with Gasteiger partial charge in [-0.3, -0.25) is 4.79 Å². The fourth-order valence-electron chi connectivity index (χ4n) is 0.814. The molecular weight excluding hydrogens is 297 g/mol. The highest BCUT2D eigenvalue weighted by molar-refractivity contribution is 14.1. The van der Waals surface area contributed by atoms with Crippen molar-refractivity contribution in [2.45, 2.75) is 0 Å². The molecule has 5 heteroatoms. The van der Waals surface area contributed by atoms with Crippen molar-refractivity contribution in [2.24, 2.45) is 0 Å². The van der Waals surface area contributed by atoms with Crippen LogP contribution in [0.4, 0.5) is 0 Å². The quantitative estimate of drug-likeness (QED) is 0.644. The summed E-state index contributed by atoms with van der Waals surface area (Å²) in [5, 5.41) is 10.9. The number of aliphatic hydroxyl groups excluding tert-OH is 1. The van der Waals surface area contributed by atoms with E-state index >= 15 is 0 Å². The molecule has 1 amide bonds. The predicted molar refractivity (Wildman–Crippen MR) is 60.6 cm³/mol. The third-order valence-corrected chi connectivity index (χ3v) is 1.98. The Hall–Kier alpha value is -0.820. The summed E-state index contributed by atoms with van der Waals surface area (Å²) in [7, 11) is 0. The van der Waals surface area contributed by atoms with Gasteiger partial charge >= 0.3 is 0 Å². The molecule has 76 valence electrons. The van der Waals surface area contributed by atoms with Gasteiger partial charge in [-0.25, -0.2) is 0 Å². The molecule has 0 aliphatic heterocycles. The van der Waals surface area contributed by atoms with Crippen LogP contribution in [0, 0.1) is 3.77 Å². The molecule has 0 spiro atoms. The largest absolute Gasteiger partial charge is 0.451 e. The van der Waals surface area contributed by atoms with Gasteiger partial charge in [0.25, 0.3) is 0 Å². The fourth-order valence-corrected chi connectivity index (χ4v) is 1.25. The number of hydrogen-bond acceptors (Lipinski definition) is 3. The number of furan rings is 1. The van der Waals surface area contributed by atoms with E-state index in [1.807, 2.05) is 28.7 Å². The molecule has 0 atom stereocenters. The maximum absolute atomic E-state index is 11.0. The van der Waals surface area contributed by atoms with E-state index in [2.05, 4.69) is 5.32 Å². The summed E-state index contributed by atoms with van der Waals surface area (Å²) >= 11 is 2.05. The van der Waals surface area contributed by atoms with Crippen LogP contribution in [0.1, 0.15) is 5.76 Å². The zero-order valence-corrected chi connectivity index (χ0v) is 9.52. The van der Waals surface area contributed by atoms with Crippen molar-refractivity contribution in [3.05, 3.63) is 27.7 Å². The molecule has 0 fully saturated rings. The molecule has 0 radical (unpaired) electrons. The minimum absolute atomic E-state index is 0.0573. The molecule has 14 heavy (non-hydrogen) atoms. The topological polar surface area (TPSA) is 62.5 Å². The van der Waals surface area contributed by atoms with Gasteiger partial charge in [-0.1, -0.05) is 0 Å². The number of carbonyl (C=O) groups is 1. The van der Waals surface area contributed by atoms with Crippen molar-refractivity contribution in [3.63, 3.8) is 0 Å². The number of rotatable bonds is 4.